The molecular weight excluding hydrogens is 288 g/mol. The Morgan fingerprint density at radius 1 is 1.10 bits per heavy atom. The average molecular weight is 306 g/mol. The van der Waals surface area contributed by atoms with Crippen LogP contribution in [0.25, 0.3) is 0 Å². The highest BCUT2D eigenvalue weighted by molar-refractivity contribution is 7.91. The molecule has 0 saturated heterocycles. The highest BCUT2D eigenvalue weighted by Crippen LogP contribution is 2.16. The van der Waals surface area contributed by atoms with Gasteiger partial charge in [-0.1, -0.05) is 24.3 Å². The van der Waals surface area contributed by atoms with Gasteiger partial charge >= 0.3 is 0 Å². The molecule has 0 heterocycles. The second-order valence-corrected chi connectivity index (χ2v) is 6.46. The summed E-state index contributed by atoms with van der Waals surface area (Å²) in [6.07, 6.45) is 0. The largest absolute Gasteiger partial charge is 0.399 e. The molecule has 2 rings (SSSR count). The van der Waals surface area contributed by atoms with E-state index >= 15 is 0 Å². The SMILES string of the molecule is COCc1cccc(NS(=O)(=O)Cc2cccc(N)c2)c1. The molecule has 0 aromatic heterocycles. The van der Waals surface area contributed by atoms with Crippen LogP contribution in [0, 0.1) is 0 Å². The first-order chi connectivity index (χ1) is 9.98. The van der Waals surface area contributed by atoms with E-state index in [9.17, 15) is 8.42 Å². The van der Waals surface area contributed by atoms with E-state index in [1.165, 1.54) is 0 Å². The number of nitrogen functional groups attached to an aromatic ring is 1. The van der Waals surface area contributed by atoms with Crippen molar-refractivity contribution in [1.29, 1.82) is 0 Å². The number of anilines is 2. The van der Waals surface area contributed by atoms with E-state index in [-0.39, 0.29) is 5.75 Å². The second kappa shape index (κ2) is 6.60. The molecule has 6 heteroatoms. The number of nitrogens with one attached hydrogen (secondary N) is 1. The molecule has 0 bridgehead atoms. The summed E-state index contributed by atoms with van der Waals surface area (Å²) in [6, 6.07) is 14.0. The highest BCUT2D eigenvalue weighted by Gasteiger charge is 2.12. The second-order valence-electron chi connectivity index (χ2n) is 4.74. The van der Waals surface area contributed by atoms with E-state index < -0.39 is 10.0 Å². The molecule has 0 aliphatic heterocycles. The van der Waals surface area contributed by atoms with Crippen molar-refractivity contribution in [2.45, 2.75) is 12.4 Å². The van der Waals surface area contributed by atoms with Crippen LogP contribution in [0.2, 0.25) is 0 Å². The van der Waals surface area contributed by atoms with Gasteiger partial charge in [0.15, 0.2) is 0 Å². The molecule has 0 radical (unpaired) electrons. The van der Waals surface area contributed by atoms with Crippen LogP contribution >= 0.6 is 0 Å². The molecule has 0 spiro atoms. The molecule has 2 aromatic rings. The van der Waals surface area contributed by atoms with Crippen molar-refractivity contribution >= 4 is 21.4 Å². The van der Waals surface area contributed by atoms with Crippen molar-refractivity contribution in [3.8, 4) is 0 Å². The van der Waals surface area contributed by atoms with Gasteiger partial charge < -0.3 is 10.5 Å². The van der Waals surface area contributed by atoms with Crippen molar-refractivity contribution in [2.24, 2.45) is 0 Å². The first-order valence-electron chi connectivity index (χ1n) is 6.41. The summed E-state index contributed by atoms with van der Waals surface area (Å²) < 4.78 is 31.9. The summed E-state index contributed by atoms with van der Waals surface area (Å²) >= 11 is 0. The highest BCUT2D eigenvalue weighted by atomic mass is 32.2. The van der Waals surface area contributed by atoms with Gasteiger partial charge in [-0.2, -0.15) is 0 Å². The number of hydrogen-bond donors (Lipinski definition) is 2. The fraction of sp³-hybridized carbons (Fsp3) is 0.200. The minimum Gasteiger partial charge on any atom is -0.399 e. The van der Waals surface area contributed by atoms with Crippen LogP contribution in [0.4, 0.5) is 11.4 Å². The number of ether oxygens (including phenoxy) is 1. The zero-order chi connectivity index (χ0) is 15.3. The monoisotopic (exact) mass is 306 g/mol. The molecule has 0 aliphatic carbocycles. The minimum atomic E-state index is -3.48. The number of hydrogen-bond acceptors (Lipinski definition) is 4. The number of methoxy groups -OCH3 is 1. The summed E-state index contributed by atoms with van der Waals surface area (Å²) in [7, 11) is -1.89. The first kappa shape index (κ1) is 15.3. The molecule has 112 valence electrons. The van der Waals surface area contributed by atoms with Gasteiger partial charge in [-0.05, 0) is 35.4 Å². The minimum absolute atomic E-state index is 0.119. The van der Waals surface area contributed by atoms with Gasteiger partial charge in [-0.25, -0.2) is 8.42 Å². The summed E-state index contributed by atoms with van der Waals surface area (Å²) in [4.78, 5) is 0. The van der Waals surface area contributed by atoms with Gasteiger partial charge in [0.1, 0.15) is 0 Å². The third kappa shape index (κ3) is 4.77. The lowest BCUT2D eigenvalue weighted by Crippen LogP contribution is -2.15. The maximum absolute atomic E-state index is 12.2. The topological polar surface area (TPSA) is 81.4 Å². The molecule has 0 unspecified atom stereocenters. The molecule has 3 N–H and O–H groups in total. The van der Waals surface area contributed by atoms with E-state index in [1.54, 1.807) is 49.6 Å². The van der Waals surface area contributed by atoms with Crippen molar-refractivity contribution < 1.29 is 13.2 Å². The Kier molecular flexibility index (Phi) is 4.82. The lowest BCUT2D eigenvalue weighted by Gasteiger charge is -2.10. The lowest BCUT2D eigenvalue weighted by molar-refractivity contribution is 0.185. The van der Waals surface area contributed by atoms with Crippen LogP contribution in [0.15, 0.2) is 48.5 Å². The molecule has 0 saturated carbocycles. The standard InChI is InChI=1S/C15H18N2O3S/c1-20-10-12-4-3-7-15(9-12)17-21(18,19)11-13-5-2-6-14(16)8-13/h2-9,17H,10-11,16H2,1H3. The summed E-state index contributed by atoms with van der Waals surface area (Å²) in [5.74, 6) is -0.119. The maximum atomic E-state index is 12.2. The quantitative estimate of drug-likeness (QED) is 0.803. The van der Waals surface area contributed by atoms with Crippen LogP contribution in [-0.4, -0.2) is 15.5 Å². The molecule has 5 nitrogen and oxygen atoms in total. The predicted octanol–water partition coefficient (Wildman–Crippen LogP) is 2.36. The number of benzene rings is 2. The third-order valence-corrected chi connectivity index (χ3v) is 4.08. The van der Waals surface area contributed by atoms with Crippen LogP contribution in [0.5, 0.6) is 0 Å². The molecule has 2 aromatic carbocycles. The average Bonchev–Trinajstić information content (AvgIpc) is 2.38. The predicted molar refractivity (Wildman–Crippen MR) is 84.3 cm³/mol. The Morgan fingerprint density at radius 3 is 2.52 bits per heavy atom. The third-order valence-electron chi connectivity index (χ3n) is 2.82. The molecule has 21 heavy (non-hydrogen) atoms. The van der Waals surface area contributed by atoms with E-state index in [2.05, 4.69) is 4.72 Å². The summed E-state index contributed by atoms with van der Waals surface area (Å²) in [5, 5.41) is 0. The fourth-order valence-electron chi connectivity index (χ4n) is 2.01. The van der Waals surface area contributed by atoms with E-state index in [0.29, 0.717) is 23.5 Å². The normalized spacial score (nSPS) is 11.3. The van der Waals surface area contributed by atoms with Gasteiger partial charge in [0.2, 0.25) is 10.0 Å². The van der Waals surface area contributed by atoms with Gasteiger partial charge in [0.05, 0.1) is 12.4 Å². The van der Waals surface area contributed by atoms with Crippen molar-refractivity contribution in [2.75, 3.05) is 17.6 Å². The Balaban J connectivity index is 2.12. The van der Waals surface area contributed by atoms with Crippen molar-refractivity contribution in [3.05, 3.63) is 59.7 Å². The fourth-order valence-corrected chi connectivity index (χ4v) is 3.19. The Labute approximate surface area is 124 Å². The van der Waals surface area contributed by atoms with E-state index in [4.69, 9.17) is 10.5 Å². The van der Waals surface area contributed by atoms with Crippen LogP contribution in [-0.2, 0) is 27.1 Å². The van der Waals surface area contributed by atoms with Gasteiger partial charge in [-0.3, -0.25) is 4.72 Å². The zero-order valence-corrected chi connectivity index (χ0v) is 12.6. The van der Waals surface area contributed by atoms with Gasteiger partial charge in [0.25, 0.3) is 0 Å². The maximum Gasteiger partial charge on any atom is 0.236 e. The Hall–Kier alpha value is -2.05. The molecule has 0 atom stereocenters. The summed E-state index contributed by atoms with van der Waals surface area (Å²) in [5.41, 5.74) is 8.27. The lowest BCUT2D eigenvalue weighted by atomic mass is 10.2. The van der Waals surface area contributed by atoms with Gasteiger partial charge in [-0.15, -0.1) is 0 Å². The van der Waals surface area contributed by atoms with Crippen molar-refractivity contribution in [3.63, 3.8) is 0 Å². The molecule has 0 aliphatic rings. The van der Waals surface area contributed by atoms with E-state index in [1.807, 2.05) is 6.07 Å². The Morgan fingerprint density at radius 2 is 1.81 bits per heavy atom. The van der Waals surface area contributed by atoms with E-state index in [0.717, 1.165) is 5.56 Å². The van der Waals surface area contributed by atoms with Crippen LogP contribution in [0.3, 0.4) is 0 Å². The molecule has 0 fully saturated rings. The first-order valence-corrected chi connectivity index (χ1v) is 8.06. The summed E-state index contributed by atoms with van der Waals surface area (Å²) in [6.45, 7) is 0.435. The number of rotatable bonds is 6. The van der Waals surface area contributed by atoms with Gasteiger partial charge in [0, 0.05) is 18.5 Å². The van der Waals surface area contributed by atoms with Crippen LogP contribution < -0.4 is 10.5 Å². The van der Waals surface area contributed by atoms with Crippen LogP contribution in [0.1, 0.15) is 11.1 Å². The molecular formula is C15H18N2O3S. The Bertz CT molecular complexity index is 714. The van der Waals surface area contributed by atoms with Crippen molar-refractivity contribution in [1.82, 2.24) is 0 Å². The number of sulfonamides is 1. The number of nitrogens with two attached hydrogens (primary N) is 1. The smallest absolute Gasteiger partial charge is 0.236 e. The molecule has 0 amide bonds. The zero-order valence-electron chi connectivity index (χ0n) is 11.7.